The highest BCUT2D eigenvalue weighted by Crippen LogP contribution is 2.40. The number of nitrogens with zero attached hydrogens (tertiary/aromatic N) is 4. The maximum atomic E-state index is 14.7. The van der Waals surface area contributed by atoms with Gasteiger partial charge < -0.3 is 20.5 Å². The van der Waals surface area contributed by atoms with Crippen LogP contribution in [-0.2, 0) is 28.2 Å². The third-order valence-corrected chi connectivity index (χ3v) is 7.35. The first kappa shape index (κ1) is 27.8. The molecule has 14 heteroatoms. The molecule has 3 N–H and O–H groups in total. The van der Waals surface area contributed by atoms with Crippen LogP contribution in [0.3, 0.4) is 0 Å². The molecule has 1 unspecified atom stereocenters. The molecule has 8 nitrogen and oxygen atoms in total. The van der Waals surface area contributed by atoms with E-state index in [1.807, 2.05) is 0 Å². The lowest BCUT2D eigenvalue weighted by atomic mass is 10.0. The summed E-state index contributed by atoms with van der Waals surface area (Å²) in [6.07, 6.45) is 0.929. The second kappa shape index (κ2) is 11.2. The number of carbonyl (C=O) groups excluding carboxylic acids is 2. The molecular formula is C24H22F5IN6O2. The van der Waals surface area contributed by atoms with E-state index in [-0.39, 0.29) is 55.2 Å². The van der Waals surface area contributed by atoms with E-state index in [4.69, 9.17) is 5.73 Å². The molecular weight excluding hydrogens is 626 g/mol. The van der Waals surface area contributed by atoms with Crippen molar-refractivity contribution in [2.75, 3.05) is 11.9 Å². The summed E-state index contributed by atoms with van der Waals surface area (Å²) in [6, 6.07) is 4.95. The van der Waals surface area contributed by atoms with E-state index >= 15 is 0 Å². The zero-order valence-corrected chi connectivity index (χ0v) is 21.9. The van der Waals surface area contributed by atoms with Crippen molar-refractivity contribution < 1.29 is 31.5 Å². The predicted octanol–water partition coefficient (Wildman–Crippen LogP) is 3.70. The first-order valence-electron chi connectivity index (χ1n) is 11.3. The number of nitrogens with one attached hydrogen (secondary N) is 1. The van der Waals surface area contributed by atoms with Gasteiger partial charge in [-0.25, -0.2) is 23.1 Å². The first-order valence-corrected chi connectivity index (χ1v) is 13.9. The van der Waals surface area contributed by atoms with Gasteiger partial charge in [0.15, 0.2) is 23.2 Å². The molecule has 0 aliphatic carbocycles. The first-order chi connectivity index (χ1) is 18.0. The molecule has 4 rings (SSSR count). The topological polar surface area (TPSA) is 106 Å². The Bertz CT molecular complexity index is 1380. The maximum Gasteiger partial charge on any atom is 0.347 e. The van der Waals surface area contributed by atoms with E-state index in [0.717, 1.165) is 0 Å². The Kier molecular flexibility index (Phi) is 8.20. The van der Waals surface area contributed by atoms with Crippen molar-refractivity contribution in [2.45, 2.75) is 35.9 Å². The van der Waals surface area contributed by atoms with Crippen LogP contribution in [0.1, 0.15) is 34.0 Å². The van der Waals surface area contributed by atoms with Crippen LogP contribution in [0, 0.1) is 17.5 Å². The number of hydrogen-bond acceptors (Lipinski definition) is 5. The van der Waals surface area contributed by atoms with Crippen LogP contribution >= 0.6 is 20.7 Å². The van der Waals surface area contributed by atoms with Crippen molar-refractivity contribution in [1.82, 2.24) is 19.4 Å². The Morgan fingerprint density at radius 2 is 1.89 bits per heavy atom. The Morgan fingerprint density at radius 1 is 1.16 bits per heavy atom. The number of aromatic nitrogens is 3. The van der Waals surface area contributed by atoms with Gasteiger partial charge in [-0.3, -0.25) is 9.59 Å². The fraction of sp³-hybridized carbons (Fsp3) is 0.292. The number of imidazole rings is 1. The van der Waals surface area contributed by atoms with Crippen LogP contribution in [0.5, 0.6) is 0 Å². The highest BCUT2D eigenvalue weighted by Gasteiger charge is 2.40. The number of hydrogen-bond donors (Lipinski definition) is 2. The molecule has 0 saturated carbocycles. The second-order valence-electron chi connectivity index (χ2n) is 8.52. The maximum absolute atomic E-state index is 14.7. The fourth-order valence-corrected chi connectivity index (χ4v) is 4.83. The highest BCUT2D eigenvalue weighted by atomic mass is 127. The van der Waals surface area contributed by atoms with Gasteiger partial charge in [-0.05, 0) is 50.9 Å². The number of rotatable bonds is 8. The van der Waals surface area contributed by atoms with Crippen molar-refractivity contribution in [2.24, 2.45) is 5.73 Å². The third kappa shape index (κ3) is 5.90. The lowest BCUT2D eigenvalue weighted by molar-refractivity contribution is -0.133. The van der Waals surface area contributed by atoms with Gasteiger partial charge in [0.25, 0.3) is 5.91 Å². The number of nitrogens with two attached hydrogens (primary N) is 1. The quantitative estimate of drug-likeness (QED) is 0.168. The van der Waals surface area contributed by atoms with E-state index in [1.54, 1.807) is 12.1 Å². The summed E-state index contributed by atoms with van der Waals surface area (Å²) < 4.78 is 71.3. The van der Waals surface area contributed by atoms with Crippen LogP contribution in [0.4, 0.5) is 27.8 Å². The zero-order valence-electron chi connectivity index (χ0n) is 19.7. The van der Waals surface area contributed by atoms with Crippen LogP contribution in [0.25, 0.3) is 0 Å². The van der Waals surface area contributed by atoms with Gasteiger partial charge in [-0.2, -0.15) is 8.78 Å². The molecule has 2 aromatic heterocycles. The lowest BCUT2D eigenvalue weighted by Crippen LogP contribution is -2.42. The van der Waals surface area contributed by atoms with Crippen molar-refractivity contribution in [1.29, 1.82) is 0 Å². The largest absolute Gasteiger partial charge is 0.347 e. The number of amides is 2. The van der Waals surface area contributed by atoms with Crippen molar-refractivity contribution in [3.05, 3.63) is 76.8 Å². The molecule has 0 bridgehead atoms. The molecule has 3 heterocycles. The minimum Gasteiger partial charge on any atom is -0.335 e. The summed E-state index contributed by atoms with van der Waals surface area (Å²) in [4.78, 5) is 35.2. The van der Waals surface area contributed by atoms with Gasteiger partial charge in [-0.15, -0.1) is 0 Å². The molecule has 202 valence electrons. The van der Waals surface area contributed by atoms with E-state index in [0.29, 0.717) is 12.1 Å². The number of halogens is 6. The molecule has 0 spiro atoms. The van der Waals surface area contributed by atoms with Gasteiger partial charge in [0, 0.05) is 37.8 Å². The van der Waals surface area contributed by atoms with E-state index in [1.165, 1.54) is 21.7 Å². The predicted molar refractivity (Wildman–Crippen MR) is 137 cm³/mol. The number of alkyl halides is 3. The monoisotopic (exact) mass is 648 g/mol. The van der Waals surface area contributed by atoms with Crippen LogP contribution in [0.2, 0.25) is 0 Å². The average molecular weight is 648 g/mol. The normalized spacial score (nSPS) is 14.2. The van der Waals surface area contributed by atoms with Gasteiger partial charge in [0.05, 0.1) is 12.2 Å². The summed E-state index contributed by atoms with van der Waals surface area (Å²) in [6.45, 7) is -0.213. The Hall–Kier alpha value is -3.27. The zero-order chi connectivity index (χ0) is 27.6. The van der Waals surface area contributed by atoms with Gasteiger partial charge in [0.2, 0.25) is 5.91 Å². The summed E-state index contributed by atoms with van der Waals surface area (Å²) in [7, 11) is 0. The number of pyridine rings is 1. The standard InChI is InChI=1S/C24H22F5IN6O2/c1-30-24(28,29)23-34-21(22(38)33-19-4-2-3-5-32-19)18-12-35(6-7-36(18)23)20(37)10-14(31)8-13-9-16(26)17(27)11-15(13)25/h2-5,9,11,14H,1,6-8,10,12,31H2,(H,32,33,38). The van der Waals surface area contributed by atoms with E-state index in [2.05, 4.69) is 19.8 Å². The molecule has 1 aliphatic rings. The molecule has 1 aliphatic heterocycles. The molecule has 2 amide bonds. The number of carbonyl (C=O) groups is 2. The third-order valence-electron chi connectivity index (χ3n) is 5.91. The second-order valence-corrected chi connectivity index (χ2v) is 10.6. The summed E-state index contributed by atoms with van der Waals surface area (Å²) >= 11 is -1.85. The molecule has 0 saturated heterocycles. The highest BCUT2D eigenvalue weighted by molar-refractivity contribution is 14.2. The van der Waals surface area contributed by atoms with Crippen LogP contribution < -0.4 is 11.1 Å². The van der Waals surface area contributed by atoms with E-state index < -0.39 is 65.8 Å². The number of fused-ring (bicyclic) bond motifs is 1. The minimum atomic E-state index is -3.31. The van der Waals surface area contributed by atoms with Crippen molar-refractivity contribution in [3.8, 4) is 0 Å². The summed E-state index contributed by atoms with van der Waals surface area (Å²) in [5.74, 6) is -5.21. The van der Waals surface area contributed by atoms with Gasteiger partial charge in [0.1, 0.15) is 11.6 Å². The SMILES string of the molecule is C=IC(F)(F)c1nc(C(=O)Nc2ccccn2)c2n1CCN(C(=O)CC(N)Cc1cc(F)c(F)cc1F)C2. The molecule has 38 heavy (non-hydrogen) atoms. The number of anilines is 1. The Morgan fingerprint density at radius 3 is 2.58 bits per heavy atom. The minimum absolute atomic E-state index is 0.0360. The van der Waals surface area contributed by atoms with Gasteiger partial charge >= 0.3 is 3.93 Å². The molecule has 0 fully saturated rings. The molecule has 0 radical (unpaired) electrons. The molecule has 1 atom stereocenters. The summed E-state index contributed by atoms with van der Waals surface area (Å²) in [5, 5.41) is 2.51. The van der Waals surface area contributed by atoms with Crippen molar-refractivity contribution >= 4 is 42.9 Å². The van der Waals surface area contributed by atoms with Gasteiger partial charge in [-0.1, -0.05) is 10.6 Å². The van der Waals surface area contributed by atoms with Crippen LogP contribution in [0.15, 0.2) is 36.5 Å². The average Bonchev–Trinajstić information content (AvgIpc) is 3.28. The van der Waals surface area contributed by atoms with E-state index in [9.17, 15) is 31.5 Å². The smallest absolute Gasteiger partial charge is 0.335 e. The molecule has 1 aromatic carbocycles. The fourth-order valence-electron chi connectivity index (χ4n) is 4.08. The van der Waals surface area contributed by atoms with Crippen molar-refractivity contribution in [3.63, 3.8) is 0 Å². The van der Waals surface area contributed by atoms with Crippen LogP contribution in [-0.4, -0.2) is 48.4 Å². The Balaban J connectivity index is 1.54. The molecule has 3 aromatic rings. The number of benzene rings is 1. The Labute approximate surface area is 223 Å². The lowest BCUT2D eigenvalue weighted by Gasteiger charge is -2.30. The summed E-state index contributed by atoms with van der Waals surface area (Å²) in [5.41, 5.74) is 5.65.